The molecule has 0 amide bonds. The van der Waals surface area contributed by atoms with E-state index in [1.165, 1.54) is 0 Å². The maximum atomic E-state index is 9.75. The van der Waals surface area contributed by atoms with Crippen molar-refractivity contribution in [3.63, 3.8) is 0 Å². The number of rotatable bonds is 3. The van der Waals surface area contributed by atoms with Gasteiger partial charge in [-0.1, -0.05) is 139 Å². The molecule has 9 aromatic rings. The van der Waals surface area contributed by atoms with Gasteiger partial charge < -0.3 is 4.42 Å². The predicted molar refractivity (Wildman–Crippen MR) is 183 cm³/mol. The molecule has 1 heterocycles. The first-order valence-electron chi connectivity index (χ1n) is 25.7. The van der Waals surface area contributed by atoms with Gasteiger partial charge in [-0.05, 0) is 83.8 Å². The van der Waals surface area contributed by atoms with E-state index in [4.69, 9.17) is 30.5 Å². The van der Waals surface area contributed by atoms with Crippen LogP contribution >= 0.6 is 0 Å². The average Bonchev–Trinajstić information content (AvgIpc) is 3.72. The highest BCUT2D eigenvalue weighted by molar-refractivity contribution is 6.22. The van der Waals surface area contributed by atoms with Crippen LogP contribution < -0.4 is 0 Å². The first-order valence-corrected chi connectivity index (χ1v) is 12.7. The van der Waals surface area contributed by atoms with Gasteiger partial charge in [-0.3, -0.25) is 0 Å². The van der Waals surface area contributed by atoms with Crippen molar-refractivity contribution in [2.45, 2.75) is 0 Å². The molecule has 0 N–H and O–H groups in total. The van der Waals surface area contributed by atoms with Crippen LogP contribution in [0, 0.1) is 0 Å². The van der Waals surface area contributed by atoms with E-state index in [1.807, 2.05) is 0 Å². The lowest BCUT2D eigenvalue weighted by Crippen LogP contribution is -1.90. The smallest absolute Gasteiger partial charge is 0.136 e. The van der Waals surface area contributed by atoms with Crippen molar-refractivity contribution in [2.75, 3.05) is 0 Å². The molecule has 0 aliphatic carbocycles. The van der Waals surface area contributed by atoms with Gasteiger partial charge in [0.25, 0.3) is 0 Å². The number of hydrogen-bond acceptors (Lipinski definition) is 1. The SMILES string of the molecule is [2H]c1c([2H])c([2H])c(-c2c3c([2H])c([2H])c([2H])c([2H])c3c(-c3c([2H])c([2H])c4c(oc5c([2H])c([2H])c([2H])c(-c6c([2H])c([2H])c([2H])c7c([2H])c([2H])c([2H])c([2H])c67)c54)c3[2H])c3c([2H])c([2H])c([2H])c([2H])c23)c([2H])c1[2H]. The van der Waals surface area contributed by atoms with Gasteiger partial charge in [0.2, 0.25) is 0 Å². The van der Waals surface area contributed by atoms with Crippen LogP contribution in [0.2, 0.25) is 0 Å². The Bertz CT molecular complexity index is 3850. The normalized spacial score (nSPS) is 20.2. The molecular weight excluding hydrogens is 520 g/mol. The van der Waals surface area contributed by atoms with Crippen LogP contribution in [0.5, 0.6) is 0 Å². The Balaban J connectivity index is 1.58. The van der Waals surface area contributed by atoms with Crippen molar-refractivity contribution in [1.29, 1.82) is 0 Å². The summed E-state index contributed by atoms with van der Waals surface area (Å²) in [4.78, 5) is 0. The fourth-order valence-electron chi connectivity index (χ4n) is 5.26. The first kappa shape index (κ1) is 9.69. The van der Waals surface area contributed by atoms with E-state index < -0.39 is 245 Å². The second kappa shape index (κ2) is 9.44. The minimum atomic E-state index is -1.01. The van der Waals surface area contributed by atoms with E-state index >= 15 is 0 Å². The van der Waals surface area contributed by atoms with Gasteiger partial charge in [0.05, 0.1) is 35.6 Å². The van der Waals surface area contributed by atoms with Gasteiger partial charge in [-0.25, -0.2) is 0 Å². The molecule has 43 heavy (non-hydrogen) atoms. The highest BCUT2D eigenvalue weighted by atomic mass is 16.3. The minimum Gasteiger partial charge on any atom is -0.456 e. The lowest BCUT2D eigenvalue weighted by molar-refractivity contribution is 0.669. The van der Waals surface area contributed by atoms with Crippen LogP contribution in [0.15, 0.2) is 162 Å². The monoisotopic (exact) mass is 572 g/mol. The largest absolute Gasteiger partial charge is 0.456 e. The topological polar surface area (TPSA) is 13.1 Å². The Labute approximate surface area is 285 Å². The molecule has 0 saturated heterocycles. The molecule has 0 spiro atoms. The molecule has 1 nitrogen and oxygen atoms in total. The van der Waals surface area contributed by atoms with Crippen LogP contribution in [0.4, 0.5) is 0 Å². The summed E-state index contributed by atoms with van der Waals surface area (Å²) in [5.74, 6) is 0. The molecule has 0 saturated carbocycles. The third kappa shape index (κ3) is 3.65. The van der Waals surface area contributed by atoms with E-state index in [9.17, 15) is 9.60 Å². The highest BCUT2D eigenvalue weighted by Crippen LogP contribution is 2.45. The van der Waals surface area contributed by atoms with Crippen LogP contribution in [0.1, 0.15) is 35.6 Å². The zero-order chi connectivity index (χ0) is 51.0. The summed E-state index contributed by atoms with van der Waals surface area (Å²) in [6.45, 7) is 0. The van der Waals surface area contributed by atoms with E-state index in [0.717, 1.165) is 0 Å². The quantitative estimate of drug-likeness (QED) is 0.192. The highest BCUT2D eigenvalue weighted by Gasteiger charge is 2.19. The van der Waals surface area contributed by atoms with Crippen molar-refractivity contribution in [1.82, 2.24) is 0 Å². The second-order valence-corrected chi connectivity index (χ2v) is 9.26. The lowest BCUT2D eigenvalue weighted by Gasteiger charge is -2.17. The first-order chi connectivity index (χ1) is 32.2. The molecule has 0 aliphatic heterocycles. The number of fused-ring (bicyclic) bond motifs is 6. The fraction of sp³-hybridized carbons (Fsp3) is 0. The Morgan fingerprint density at radius 2 is 0.930 bits per heavy atom. The molecule has 1 heteroatoms. The summed E-state index contributed by atoms with van der Waals surface area (Å²) < 4.78 is 237. The van der Waals surface area contributed by atoms with E-state index in [-0.39, 0.29) is 0 Å². The third-order valence-electron chi connectivity index (χ3n) is 7.01. The van der Waals surface area contributed by atoms with E-state index in [0.29, 0.717) is 0 Å². The van der Waals surface area contributed by atoms with Gasteiger partial charge in [-0.15, -0.1) is 0 Å². The molecule has 1 aromatic heterocycles. The Kier molecular flexibility index (Phi) is 2.13. The summed E-state index contributed by atoms with van der Waals surface area (Å²) in [5, 5.41) is -4.87. The van der Waals surface area contributed by atoms with Crippen LogP contribution in [-0.2, 0) is 0 Å². The fourth-order valence-corrected chi connectivity index (χ4v) is 5.26. The number of furan rings is 1. The zero-order valence-electron chi connectivity index (χ0n) is 47.4. The number of benzene rings is 8. The Morgan fingerprint density at radius 1 is 0.372 bits per heavy atom. The molecule has 0 radical (unpaired) electrons. The Morgan fingerprint density at radius 3 is 1.65 bits per heavy atom. The molecular formula is C42H26O. The van der Waals surface area contributed by atoms with Crippen molar-refractivity contribution >= 4 is 54.3 Å². The Hall–Kier alpha value is -5.66. The average molecular weight is 573 g/mol. The minimum absolute atomic E-state index is 0.510. The summed E-state index contributed by atoms with van der Waals surface area (Å²) in [7, 11) is 0. The van der Waals surface area contributed by atoms with E-state index in [1.54, 1.807) is 0 Å². The molecule has 200 valence electrons. The van der Waals surface area contributed by atoms with Crippen molar-refractivity contribution in [2.24, 2.45) is 0 Å². The molecule has 9 rings (SSSR count). The molecule has 0 fully saturated rings. The van der Waals surface area contributed by atoms with Crippen LogP contribution in [-0.4, -0.2) is 0 Å². The lowest BCUT2D eigenvalue weighted by atomic mass is 9.86. The molecule has 0 bridgehead atoms. The van der Waals surface area contributed by atoms with Crippen molar-refractivity contribution in [3.8, 4) is 33.4 Å². The zero-order valence-corrected chi connectivity index (χ0v) is 21.4. The molecule has 0 atom stereocenters. The standard InChI is InChI=1S/C42H26O/c1-2-13-28(14-3-1)40-33-17-6-8-19-35(33)41(36-20-9-7-18-34(36)40)29-24-25-37-39(26-29)43-38-23-11-22-32(42(37)38)31-21-10-15-27-12-4-5-16-30(27)31/h1-26H/i1D,2D,3D,4D,5D,6D,7D,8D,9D,10D,11D,12D,13D,14D,15D,16D,17D,18D,19D,20D,21D,22D,23D,24D,25D,26D. The van der Waals surface area contributed by atoms with Gasteiger partial charge in [-0.2, -0.15) is 0 Å². The van der Waals surface area contributed by atoms with Gasteiger partial charge in [0.15, 0.2) is 0 Å². The van der Waals surface area contributed by atoms with Crippen molar-refractivity contribution in [3.05, 3.63) is 157 Å². The molecule has 0 aliphatic rings. The third-order valence-corrected chi connectivity index (χ3v) is 7.01. The maximum absolute atomic E-state index is 9.75. The van der Waals surface area contributed by atoms with Gasteiger partial charge >= 0.3 is 0 Å². The van der Waals surface area contributed by atoms with Gasteiger partial charge in [0, 0.05) is 10.8 Å². The summed E-state index contributed by atoms with van der Waals surface area (Å²) >= 11 is 0. The van der Waals surface area contributed by atoms with Crippen molar-refractivity contribution < 1.29 is 40.1 Å². The summed E-state index contributed by atoms with van der Waals surface area (Å²) in [6, 6.07) is -23.4. The van der Waals surface area contributed by atoms with Crippen LogP contribution in [0.3, 0.4) is 0 Å². The maximum Gasteiger partial charge on any atom is 0.136 e. The van der Waals surface area contributed by atoms with E-state index in [2.05, 4.69) is 0 Å². The second-order valence-electron chi connectivity index (χ2n) is 9.26. The molecule has 8 aromatic carbocycles. The number of hydrogen-bond donors (Lipinski definition) is 0. The van der Waals surface area contributed by atoms with Gasteiger partial charge in [0.1, 0.15) is 11.2 Å². The molecule has 0 unspecified atom stereocenters. The predicted octanol–water partition coefficient (Wildman–Crippen LogP) is 12.0. The van der Waals surface area contributed by atoms with Crippen LogP contribution in [0.25, 0.3) is 87.6 Å². The summed E-state index contributed by atoms with van der Waals surface area (Å²) in [6.07, 6.45) is 0. The summed E-state index contributed by atoms with van der Waals surface area (Å²) in [5.41, 5.74) is -5.44.